The number of fused-ring (bicyclic) bond motifs is 1. The standard InChI is InChI=1S/C16H15NO4/c1-9-4-2-3-5-10(9)17-8-16-7-6-11(21-16)12(15(19)20)13(16)14(17)18/h2-7,11-13H,8H2,1H3,(H,19,20)/t11-,12-,13-,16+/m1/s1. The first-order chi connectivity index (χ1) is 10.0. The van der Waals surface area contributed by atoms with Crippen LogP contribution in [0.15, 0.2) is 36.4 Å². The molecule has 0 aromatic heterocycles. The fraction of sp³-hybridized carbons (Fsp3) is 0.375. The van der Waals surface area contributed by atoms with E-state index >= 15 is 0 Å². The number of hydrogen-bond donors (Lipinski definition) is 1. The maximum atomic E-state index is 12.8. The molecule has 2 bridgehead atoms. The van der Waals surface area contributed by atoms with Gasteiger partial charge in [0.25, 0.3) is 0 Å². The minimum Gasteiger partial charge on any atom is -0.481 e. The van der Waals surface area contributed by atoms with E-state index in [2.05, 4.69) is 0 Å². The third-order valence-corrected chi connectivity index (χ3v) is 4.79. The summed E-state index contributed by atoms with van der Waals surface area (Å²) in [6.45, 7) is 2.33. The summed E-state index contributed by atoms with van der Waals surface area (Å²) in [5, 5.41) is 9.42. The van der Waals surface area contributed by atoms with Gasteiger partial charge in [0.1, 0.15) is 11.5 Å². The van der Waals surface area contributed by atoms with Crippen LogP contribution in [0.1, 0.15) is 5.56 Å². The number of carbonyl (C=O) groups excluding carboxylic acids is 1. The molecule has 0 saturated carbocycles. The van der Waals surface area contributed by atoms with E-state index in [1.807, 2.05) is 37.3 Å². The Morgan fingerprint density at radius 3 is 2.90 bits per heavy atom. The Morgan fingerprint density at radius 1 is 1.43 bits per heavy atom. The van der Waals surface area contributed by atoms with Gasteiger partial charge in [-0.15, -0.1) is 0 Å². The van der Waals surface area contributed by atoms with Crippen molar-refractivity contribution in [1.29, 1.82) is 0 Å². The van der Waals surface area contributed by atoms with E-state index in [1.165, 1.54) is 0 Å². The zero-order valence-corrected chi connectivity index (χ0v) is 11.5. The Bertz CT molecular complexity index is 683. The molecule has 1 N–H and O–H groups in total. The molecule has 2 fully saturated rings. The summed E-state index contributed by atoms with van der Waals surface area (Å²) in [6, 6.07) is 7.62. The number of benzene rings is 1. The summed E-state index contributed by atoms with van der Waals surface area (Å²) in [6.07, 6.45) is 3.18. The summed E-state index contributed by atoms with van der Waals surface area (Å²) >= 11 is 0. The van der Waals surface area contributed by atoms with Crippen molar-refractivity contribution < 1.29 is 19.4 Å². The number of amides is 1. The van der Waals surface area contributed by atoms with Crippen LogP contribution >= 0.6 is 0 Å². The van der Waals surface area contributed by atoms with E-state index in [-0.39, 0.29) is 5.91 Å². The van der Waals surface area contributed by atoms with Crippen LogP contribution in [0.25, 0.3) is 0 Å². The van der Waals surface area contributed by atoms with Crippen LogP contribution in [-0.4, -0.2) is 35.2 Å². The third kappa shape index (κ3) is 1.49. The van der Waals surface area contributed by atoms with Gasteiger partial charge >= 0.3 is 5.97 Å². The highest BCUT2D eigenvalue weighted by Gasteiger charge is 2.67. The van der Waals surface area contributed by atoms with Crippen LogP contribution in [-0.2, 0) is 14.3 Å². The second-order valence-electron chi connectivity index (χ2n) is 5.95. The van der Waals surface area contributed by atoms with E-state index in [4.69, 9.17) is 4.74 Å². The van der Waals surface area contributed by atoms with E-state index < -0.39 is 29.5 Å². The molecule has 108 valence electrons. The van der Waals surface area contributed by atoms with E-state index in [9.17, 15) is 14.7 Å². The largest absolute Gasteiger partial charge is 0.481 e. The number of carboxylic acid groups (broad SMARTS) is 1. The monoisotopic (exact) mass is 285 g/mol. The van der Waals surface area contributed by atoms with Crippen molar-refractivity contribution in [3.8, 4) is 0 Å². The molecule has 0 radical (unpaired) electrons. The van der Waals surface area contributed by atoms with Crippen LogP contribution in [0.2, 0.25) is 0 Å². The molecule has 1 amide bonds. The topological polar surface area (TPSA) is 66.8 Å². The first-order valence-corrected chi connectivity index (χ1v) is 7.00. The van der Waals surface area contributed by atoms with Crippen molar-refractivity contribution in [2.24, 2.45) is 11.8 Å². The molecule has 1 aromatic carbocycles. The van der Waals surface area contributed by atoms with Gasteiger partial charge in [-0.25, -0.2) is 0 Å². The minimum absolute atomic E-state index is 0.149. The molecule has 2 saturated heterocycles. The first kappa shape index (κ1) is 12.6. The third-order valence-electron chi connectivity index (χ3n) is 4.79. The summed E-state index contributed by atoms with van der Waals surface area (Å²) in [5.74, 6) is -2.51. The molecule has 3 heterocycles. The Kier molecular flexibility index (Phi) is 2.37. The average Bonchev–Trinajstić information content (AvgIpc) is 3.08. The quantitative estimate of drug-likeness (QED) is 0.833. The van der Waals surface area contributed by atoms with Crippen molar-refractivity contribution >= 4 is 17.6 Å². The minimum atomic E-state index is -0.962. The lowest BCUT2D eigenvalue weighted by atomic mass is 9.77. The van der Waals surface area contributed by atoms with Gasteiger partial charge in [0.05, 0.1) is 18.6 Å². The van der Waals surface area contributed by atoms with Gasteiger partial charge in [-0.2, -0.15) is 0 Å². The predicted octanol–water partition coefficient (Wildman–Crippen LogP) is 1.37. The Hall–Kier alpha value is -2.14. The predicted molar refractivity (Wildman–Crippen MR) is 74.9 cm³/mol. The summed E-state index contributed by atoms with van der Waals surface area (Å²) < 4.78 is 5.87. The number of anilines is 1. The van der Waals surface area contributed by atoms with Gasteiger partial charge in [-0.3, -0.25) is 9.59 Å². The lowest BCUT2D eigenvalue weighted by Crippen LogP contribution is -2.39. The Balaban J connectivity index is 1.78. The maximum absolute atomic E-state index is 12.8. The highest BCUT2D eigenvalue weighted by Crippen LogP contribution is 2.52. The van der Waals surface area contributed by atoms with Crippen LogP contribution < -0.4 is 4.90 Å². The number of ether oxygens (including phenoxy) is 1. The van der Waals surface area contributed by atoms with Crippen molar-refractivity contribution in [3.63, 3.8) is 0 Å². The highest BCUT2D eigenvalue weighted by atomic mass is 16.5. The molecule has 1 aromatic rings. The molecular weight excluding hydrogens is 270 g/mol. The number of rotatable bonds is 2. The Morgan fingerprint density at radius 2 is 2.19 bits per heavy atom. The molecule has 4 atom stereocenters. The molecule has 3 aliphatic rings. The van der Waals surface area contributed by atoms with Crippen LogP contribution in [0.5, 0.6) is 0 Å². The van der Waals surface area contributed by atoms with Crippen LogP contribution in [0.4, 0.5) is 5.69 Å². The summed E-state index contributed by atoms with van der Waals surface area (Å²) in [4.78, 5) is 26.0. The second-order valence-corrected chi connectivity index (χ2v) is 5.95. The highest BCUT2D eigenvalue weighted by molar-refractivity contribution is 6.02. The number of nitrogens with zero attached hydrogens (tertiary/aromatic N) is 1. The SMILES string of the molecule is Cc1ccccc1N1C[C@]23C=C[C@@H](O2)[C@@H](C(=O)O)[C@@H]3C1=O. The second kappa shape index (κ2) is 3.95. The molecular formula is C16H15NO4. The first-order valence-electron chi connectivity index (χ1n) is 7.00. The molecule has 3 aliphatic heterocycles. The molecule has 0 unspecified atom stereocenters. The molecule has 1 spiro atoms. The normalized spacial score (nSPS) is 36.3. The number of aliphatic carboxylic acids is 1. The fourth-order valence-corrected chi connectivity index (χ4v) is 3.85. The molecule has 5 heteroatoms. The smallest absolute Gasteiger partial charge is 0.310 e. The lowest BCUT2D eigenvalue weighted by Gasteiger charge is -2.22. The van der Waals surface area contributed by atoms with Crippen LogP contribution in [0.3, 0.4) is 0 Å². The van der Waals surface area contributed by atoms with Crippen molar-refractivity contribution in [2.75, 3.05) is 11.4 Å². The molecule has 5 nitrogen and oxygen atoms in total. The fourth-order valence-electron chi connectivity index (χ4n) is 3.85. The molecule has 0 aliphatic carbocycles. The van der Waals surface area contributed by atoms with E-state index in [1.54, 1.807) is 11.0 Å². The number of para-hydroxylation sites is 1. The van der Waals surface area contributed by atoms with E-state index in [0.29, 0.717) is 6.54 Å². The van der Waals surface area contributed by atoms with Crippen molar-refractivity contribution in [1.82, 2.24) is 0 Å². The van der Waals surface area contributed by atoms with Crippen LogP contribution in [0, 0.1) is 18.8 Å². The molecule has 21 heavy (non-hydrogen) atoms. The van der Waals surface area contributed by atoms with Gasteiger partial charge in [0.15, 0.2) is 0 Å². The average molecular weight is 285 g/mol. The summed E-state index contributed by atoms with van der Waals surface area (Å²) in [7, 11) is 0. The van der Waals surface area contributed by atoms with E-state index in [0.717, 1.165) is 11.3 Å². The number of carbonyl (C=O) groups is 2. The van der Waals surface area contributed by atoms with Gasteiger partial charge in [0.2, 0.25) is 5.91 Å². The number of aryl methyl sites for hydroxylation is 1. The zero-order chi connectivity index (χ0) is 14.8. The van der Waals surface area contributed by atoms with Gasteiger partial charge in [0, 0.05) is 5.69 Å². The summed E-state index contributed by atoms with van der Waals surface area (Å²) in [5.41, 5.74) is 1.05. The van der Waals surface area contributed by atoms with Crippen molar-refractivity contribution in [3.05, 3.63) is 42.0 Å². The molecule has 4 rings (SSSR count). The lowest BCUT2D eigenvalue weighted by molar-refractivity contribution is -0.146. The van der Waals surface area contributed by atoms with Gasteiger partial charge in [-0.05, 0) is 18.6 Å². The zero-order valence-electron chi connectivity index (χ0n) is 11.5. The van der Waals surface area contributed by atoms with Gasteiger partial charge < -0.3 is 14.7 Å². The van der Waals surface area contributed by atoms with Gasteiger partial charge in [-0.1, -0.05) is 30.4 Å². The Labute approximate surface area is 121 Å². The maximum Gasteiger partial charge on any atom is 0.310 e. The number of hydrogen-bond acceptors (Lipinski definition) is 3. The van der Waals surface area contributed by atoms with Crippen molar-refractivity contribution in [2.45, 2.75) is 18.6 Å². The number of carboxylic acids is 1.